The van der Waals surface area contributed by atoms with Crippen molar-refractivity contribution in [1.82, 2.24) is 0 Å². The molecule has 16 heavy (non-hydrogen) atoms. The van der Waals surface area contributed by atoms with E-state index in [1.54, 1.807) is 12.1 Å². The molecule has 0 fully saturated rings. The van der Waals surface area contributed by atoms with Crippen molar-refractivity contribution in [2.24, 2.45) is 0 Å². The summed E-state index contributed by atoms with van der Waals surface area (Å²) in [6.45, 7) is 2.01. The molecule has 0 aliphatic carbocycles. The molecule has 1 nitrogen and oxygen atoms in total. The highest BCUT2D eigenvalue weighted by Crippen LogP contribution is 2.21. The second kappa shape index (κ2) is 4.27. The third kappa shape index (κ3) is 2.01. The van der Waals surface area contributed by atoms with Crippen LogP contribution < -0.4 is 0 Å². The van der Waals surface area contributed by atoms with E-state index >= 15 is 0 Å². The minimum absolute atomic E-state index is 0.0954. The molecule has 0 saturated carbocycles. The van der Waals surface area contributed by atoms with Crippen LogP contribution in [0, 0.1) is 12.7 Å². The summed E-state index contributed by atoms with van der Waals surface area (Å²) in [6, 6.07) is 12.4. The molecular formula is C14H11FO. The molecule has 0 aliphatic heterocycles. The van der Waals surface area contributed by atoms with Gasteiger partial charge in [-0.3, -0.25) is 4.79 Å². The highest BCUT2D eigenvalue weighted by Gasteiger charge is 2.03. The van der Waals surface area contributed by atoms with Crippen LogP contribution in [0.4, 0.5) is 4.39 Å². The predicted molar refractivity (Wildman–Crippen MR) is 62.0 cm³/mol. The lowest BCUT2D eigenvalue weighted by Gasteiger charge is -2.03. The van der Waals surface area contributed by atoms with Crippen molar-refractivity contribution in [3.63, 3.8) is 0 Å². The van der Waals surface area contributed by atoms with E-state index in [1.165, 1.54) is 11.6 Å². The maximum Gasteiger partial charge on any atom is 0.153 e. The molecule has 0 N–H and O–H groups in total. The topological polar surface area (TPSA) is 17.1 Å². The Balaban J connectivity index is 2.48. The van der Waals surface area contributed by atoms with Gasteiger partial charge in [-0.2, -0.15) is 0 Å². The Labute approximate surface area is 93.5 Å². The Hall–Kier alpha value is -1.96. The van der Waals surface area contributed by atoms with Crippen LogP contribution in [-0.2, 0) is 0 Å². The summed E-state index contributed by atoms with van der Waals surface area (Å²) in [6.07, 6.45) is 0.535. The van der Waals surface area contributed by atoms with E-state index in [0.29, 0.717) is 6.29 Å². The van der Waals surface area contributed by atoms with Crippen molar-refractivity contribution in [2.75, 3.05) is 0 Å². The zero-order valence-corrected chi connectivity index (χ0v) is 8.91. The molecule has 0 amide bonds. The van der Waals surface area contributed by atoms with Crippen LogP contribution in [0.3, 0.4) is 0 Å². The van der Waals surface area contributed by atoms with E-state index in [-0.39, 0.29) is 5.56 Å². The van der Waals surface area contributed by atoms with Gasteiger partial charge in [0.25, 0.3) is 0 Å². The summed E-state index contributed by atoms with van der Waals surface area (Å²) in [5, 5.41) is 0. The molecule has 2 aromatic rings. The van der Waals surface area contributed by atoms with Crippen LogP contribution in [0.1, 0.15) is 15.9 Å². The number of carbonyl (C=O) groups is 1. The predicted octanol–water partition coefficient (Wildman–Crippen LogP) is 3.61. The molecule has 0 radical (unpaired) electrons. The van der Waals surface area contributed by atoms with Crippen molar-refractivity contribution >= 4 is 6.29 Å². The first-order chi connectivity index (χ1) is 7.70. The SMILES string of the molecule is Cc1ccc(-c2ccc(F)c(C=O)c2)cc1. The summed E-state index contributed by atoms with van der Waals surface area (Å²) >= 11 is 0. The van der Waals surface area contributed by atoms with Gasteiger partial charge in [0, 0.05) is 0 Å². The molecule has 2 aromatic carbocycles. The smallest absolute Gasteiger partial charge is 0.153 e. The fourth-order valence-corrected chi connectivity index (χ4v) is 1.56. The fraction of sp³-hybridized carbons (Fsp3) is 0.0714. The number of benzene rings is 2. The zero-order valence-electron chi connectivity index (χ0n) is 8.91. The molecule has 2 rings (SSSR count). The summed E-state index contributed by atoms with van der Waals surface area (Å²) in [5.41, 5.74) is 3.09. The Morgan fingerprint density at radius 1 is 1.00 bits per heavy atom. The first-order valence-electron chi connectivity index (χ1n) is 5.02. The van der Waals surface area contributed by atoms with Crippen molar-refractivity contribution in [3.05, 3.63) is 59.4 Å². The second-order valence-corrected chi connectivity index (χ2v) is 3.72. The number of aryl methyl sites for hydroxylation is 1. The van der Waals surface area contributed by atoms with E-state index in [0.717, 1.165) is 11.1 Å². The lowest BCUT2D eigenvalue weighted by atomic mass is 10.0. The number of halogens is 1. The Morgan fingerprint density at radius 3 is 2.25 bits per heavy atom. The van der Waals surface area contributed by atoms with Crippen LogP contribution in [0.25, 0.3) is 11.1 Å². The monoisotopic (exact) mass is 214 g/mol. The normalized spacial score (nSPS) is 10.1. The molecule has 0 unspecified atom stereocenters. The summed E-state index contributed by atoms with van der Waals surface area (Å²) < 4.78 is 13.1. The first-order valence-corrected chi connectivity index (χ1v) is 5.02. The molecule has 0 spiro atoms. The molecule has 2 heteroatoms. The Morgan fingerprint density at radius 2 is 1.62 bits per heavy atom. The molecule has 0 heterocycles. The minimum atomic E-state index is -0.481. The summed E-state index contributed by atoms with van der Waals surface area (Å²) in [4.78, 5) is 10.6. The number of aldehydes is 1. The van der Waals surface area contributed by atoms with Gasteiger partial charge < -0.3 is 0 Å². The molecule has 80 valence electrons. The van der Waals surface area contributed by atoms with Crippen molar-refractivity contribution in [2.45, 2.75) is 6.92 Å². The second-order valence-electron chi connectivity index (χ2n) is 3.72. The van der Waals surface area contributed by atoms with Crippen LogP contribution in [0.2, 0.25) is 0 Å². The molecule has 0 atom stereocenters. The van der Waals surface area contributed by atoms with Crippen LogP contribution in [0.5, 0.6) is 0 Å². The van der Waals surface area contributed by atoms with E-state index in [9.17, 15) is 9.18 Å². The van der Waals surface area contributed by atoms with Gasteiger partial charge in [-0.15, -0.1) is 0 Å². The number of hydrogen-bond acceptors (Lipinski definition) is 1. The van der Waals surface area contributed by atoms with E-state index in [2.05, 4.69) is 0 Å². The molecule has 0 bridgehead atoms. The van der Waals surface area contributed by atoms with Gasteiger partial charge in [0.1, 0.15) is 5.82 Å². The Kier molecular flexibility index (Phi) is 2.82. The van der Waals surface area contributed by atoms with E-state index in [4.69, 9.17) is 0 Å². The van der Waals surface area contributed by atoms with Crippen LogP contribution >= 0.6 is 0 Å². The van der Waals surface area contributed by atoms with Crippen molar-refractivity contribution in [1.29, 1.82) is 0 Å². The van der Waals surface area contributed by atoms with Crippen molar-refractivity contribution in [3.8, 4) is 11.1 Å². The van der Waals surface area contributed by atoms with Crippen LogP contribution in [-0.4, -0.2) is 6.29 Å². The summed E-state index contributed by atoms with van der Waals surface area (Å²) in [5.74, 6) is -0.481. The van der Waals surface area contributed by atoms with Gasteiger partial charge in [-0.25, -0.2) is 4.39 Å². The van der Waals surface area contributed by atoms with E-state index in [1.807, 2.05) is 31.2 Å². The van der Waals surface area contributed by atoms with Crippen molar-refractivity contribution < 1.29 is 9.18 Å². The number of hydrogen-bond donors (Lipinski definition) is 0. The lowest BCUT2D eigenvalue weighted by Crippen LogP contribution is -1.88. The van der Waals surface area contributed by atoms with Gasteiger partial charge in [-0.1, -0.05) is 35.9 Å². The number of carbonyl (C=O) groups excluding carboxylic acids is 1. The third-order valence-electron chi connectivity index (χ3n) is 2.51. The van der Waals surface area contributed by atoms with Gasteiger partial charge in [0.2, 0.25) is 0 Å². The molecule has 0 saturated heterocycles. The Bertz CT molecular complexity index is 515. The molecular weight excluding hydrogens is 203 g/mol. The average Bonchev–Trinajstić information content (AvgIpc) is 2.31. The minimum Gasteiger partial charge on any atom is -0.298 e. The fourth-order valence-electron chi connectivity index (χ4n) is 1.56. The van der Waals surface area contributed by atoms with Gasteiger partial charge in [0.15, 0.2) is 6.29 Å². The van der Waals surface area contributed by atoms with Crippen LogP contribution in [0.15, 0.2) is 42.5 Å². The first kappa shape index (κ1) is 10.6. The maximum atomic E-state index is 13.1. The van der Waals surface area contributed by atoms with Gasteiger partial charge in [0.05, 0.1) is 5.56 Å². The summed E-state index contributed by atoms with van der Waals surface area (Å²) in [7, 11) is 0. The standard InChI is InChI=1S/C14H11FO/c1-10-2-4-11(5-3-10)12-6-7-14(15)13(8-12)9-16/h2-9H,1H3. The molecule has 0 aliphatic rings. The highest BCUT2D eigenvalue weighted by atomic mass is 19.1. The van der Waals surface area contributed by atoms with Gasteiger partial charge >= 0.3 is 0 Å². The average molecular weight is 214 g/mol. The number of rotatable bonds is 2. The maximum absolute atomic E-state index is 13.1. The zero-order chi connectivity index (χ0) is 11.5. The quantitative estimate of drug-likeness (QED) is 0.698. The van der Waals surface area contributed by atoms with Gasteiger partial charge in [-0.05, 0) is 30.2 Å². The molecule has 0 aromatic heterocycles. The third-order valence-corrected chi connectivity index (χ3v) is 2.51. The largest absolute Gasteiger partial charge is 0.298 e. The highest BCUT2D eigenvalue weighted by molar-refractivity contribution is 5.79. The lowest BCUT2D eigenvalue weighted by molar-refractivity contribution is 0.112. The van der Waals surface area contributed by atoms with E-state index < -0.39 is 5.82 Å².